The van der Waals surface area contributed by atoms with Gasteiger partial charge in [-0.25, -0.2) is 0 Å². The molecule has 1 atom stereocenters. The minimum absolute atomic E-state index is 0.0172. The summed E-state index contributed by atoms with van der Waals surface area (Å²) in [6.07, 6.45) is 2.54. The zero-order valence-corrected chi connectivity index (χ0v) is 20.7. The molecule has 0 aliphatic carbocycles. The highest BCUT2D eigenvalue weighted by Crippen LogP contribution is 2.31. The SMILES string of the molecule is CCC(=O)NCC(Cc1ccc(C)cc1)N(C=N)c1ccccc1N(C)Cc1ccc(C)cc1. The fourth-order valence-electron chi connectivity index (χ4n) is 4.05. The average molecular weight is 457 g/mol. The highest BCUT2D eigenvalue weighted by Gasteiger charge is 2.22. The summed E-state index contributed by atoms with van der Waals surface area (Å²) in [5.74, 6) is 0.0172. The molecule has 0 aromatic heterocycles. The van der Waals surface area contributed by atoms with E-state index in [9.17, 15) is 4.79 Å². The maximum Gasteiger partial charge on any atom is 0.219 e. The third kappa shape index (κ3) is 6.70. The van der Waals surface area contributed by atoms with Crippen LogP contribution in [0.25, 0.3) is 0 Å². The highest BCUT2D eigenvalue weighted by molar-refractivity contribution is 5.86. The van der Waals surface area contributed by atoms with Crippen molar-refractivity contribution in [2.24, 2.45) is 0 Å². The second kappa shape index (κ2) is 12.0. The Morgan fingerprint density at radius 1 is 0.912 bits per heavy atom. The van der Waals surface area contributed by atoms with Gasteiger partial charge in [0.15, 0.2) is 0 Å². The van der Waals surface area contributed by atoms with Gasteiger partial charge in [0.1, 0.15) is 0 Å². The first-order chi connectivity index (χ1) is 16.4. The van der Waals surface area contributed by atoms with Crippen molar-refractivity contribution in [3.63, 3.8) is 0 Å². The van der Waals surface area contributed by atoms with Crippen LogP contribution in [0.4, 0.5) is 11.4 Å². The fourth-order valence-corrected chi connectivity index (χ4v) is 4.05. The number of para-hydroxylation sites is 2. The van der Waals surface area contributed by atoms with Crippen LogP contribution in [0.3, 0.4) is 0 Å². The minimum Gasteiger partial charge on any atom is -0.369 e. The number of rotatable bonds is 11. The molecule has 0 heterocycles. The molecule has 1 amide bonds. The molecule has 0 radical (unpaired) electrons. The second-order valence-corrected chi connectivity index (χ2v) is 8.87. The summed E-state index contributed by atoms with van der Waals surface area (Å²) < 4.78 is 0. The first kappa shape index (κ1) is 25.0. The number of carbonyl (C=O) groups excluding carboxylic acids is 1. The van der Waals surface area contributed by atoms with E-state index in [0.717, 1.165) is 24.3 Å². The molecule has 34 heavy (non-hydrogen) atoms. The van der Waals surface area contributed by atoms with Crippen LogP contribution in [0.15, 0.2) is 72.8 Å². The van der Waals surface area contributed by atoms with Crippen LogP contribution >= 0.6 is 0 Å². The third-order valence-corrected chi connectivity index (χ3v) is 6.09. The lowest BCUT2D eigenvalue weighted by Gasteiger charge is -2.34. The van der Waals surface area contributed by atoms with Crippen molar-refractivity contribution < 1.29 is 4.79 Å². The Morgan fingerprint density at radius 2 is 1.47 bits per heavy atom. The van der Waals surface area contributed by atoms with Crippen LogP contribution in [0, 0.1) is 19.3 Å². The Labute approximate surface area is 203 Å². The molecule has 3 rings (SSSR count). The maximum absolute atomic E-state index is 12.1. The molecule has 3 aromatic rings. The van der Waals surface area contributed by atoms with E-state index in [-0.39, 0.29) is 11.9 Å². The van der Waals surface area contributed by atoms with E-state index >= 15 is 0 Å². The standard InChI is InChI=1S/C29H36N4O/c1-5-29(34)31-19-26(18-24-14-10-22(2)11-15-24)33(21-30)28-9-7-6-8-27(28)32(4)20-25-16-12-23(3)13-17-25/h6-17,21,26,30H,5,18-20H2,1-4H3,(H,31,34). The van der Waals surface area contributed by atoms with E-state index in [0.29, 0.717) is 13.0 Å². The van der Waals surface area contributed by atoms with Gasteiger partial charge in [0.2, 0.25) is 5.91 Å². The van der Waals surface area contributed by atoms with Gasteiger partial charge in [-0.3, -0.25) is 10.2 Å². The molecular weight excluding hydrogens is 420 g/mol. The molecule has 5 nitrogen and oxygen atoms in total. The normalized spacial score (nSPS) is 11.5. The van der Waals surface area contributed by atoms with Gasteiger partial charge in [-0.1, -0.05) is 78.7 Å². The number of hydrogen-bond acceptors (Lipinski definition) is 3. The molecule has 0 fully saturated rings. The van der Waals surface area contributed by atoms with Crippen molar-refractivity contribution in [2.75, 3.05) is 23.4 Å². The van der Waals surface area contributed by atoms with E-state index in [2.05, 4.69) is 91.8 Å². The molecule has 0 aliphatic rings. The number of nitrogens with one attached hydrogen (secondary N) is 2. The average Bonchev–Trinajstić information content (AvgIpc) is 2.85. The van der Waals surface area contributed by atoms with Crippen LogP contribution in [0.1, 0.15) is 35.6 Å². The Morgan fingerprint density at radius 3 is 2.03 bits per heavy atom. The van der Waals surface area contributed by atoms with Crippen molar-refractivity contribution in [1.82, 2.24) is 5.32 Å². The van der Waals surface area contributed by atoms with Crippen LogP contribution in [-0.2, 0) is 17.8 Å². The molecule has 0 aliphatic heterocycles. The molecular formula is C29H36N4O. The largest absolute Gasteiger partial charge is 0.369 e. The van der Waals surface area contributed by atoms with Crippen molar-refractivity contribution >= 4 is 23.6 Å². The van der Waals surface area contributed by atoms with E-state index in [1.54, 1.807) is 0 Å². The Bertz CT molecular complexity index is 1080. The fraction of sp³-hybridized carbons (Fsp3) is 0.310. The molecule has 0 bridgehead atoms. The van der Waals surface area contributed by atoms with Gasteiger partial charge in [0, 0.05) is 26.6 Å². The Hall–Kier alpha value is -3.60. The smallest absolute Gasteiger partial charge is 0.219 e. The topological polar surface area (TPSA) is 59.4 Å². The number of amides is 1. The molecule has 1 unspecified atom stereocenters. The van der Waals surface area contributed by atoms with Crippen molar-refractivity contribution in [1.29, 1.82) is 5.41 Å². The first-order valence-electron chi connectivity index (χ1n) is 11.9. The predicted octanol–water partition coefficient (Wildman–Crippen LogP) is 5.49. The highest BCUT2D eigenvalue weighted by atomic mass is 16.1. The van der Waals surface area contributed by atoms with Crippen LogP contribution in [-0.4, -0.2) is 31.9 Å². The first-order valence-corrected chi connectivity index (χ1v) is 11.9. The third-order valence-electron chi connectivity index (χ3n) is 6.09. The Balaban J connectivity index is 1.90. The minimum atomic E-state index is -0.0929. The summed E-state index contributed by atoms with van der Waals surface area (Å²) in [7, 11) is 2.08. The summed E-state index contributed by atoms with van der Waals surface area (Å²) in [6, 6.07) is 25.1. The van der Waals surface area contributed by atoms with Gasteiger partial charge in [-0.2, -0.15) is 0 Å². The molecule has 0 saturated carbocycles. The van der Waals surface area contributed by atoms with Crippen LogP contribution in [0.5, 0.6) is 0 Å². The van der Waals surface area contributed by atoms with Crippen LogP contribution < -0.4 is 15.1 Å². The molecule has 2 N–H and O–H groups in total. The number of aryl methyl sites for hydroxylation is 2. The summed E-state index contributed by atoms with van der Waals surface area (Å²) in [5, 5.41) is 11.4. The summed E-state index contributed by atoms with van der Waals surface area (Å²) in [5.41, 5.74) is 6.87. The maximum atomic E-state index is 12.1. The van der Waals surface area contributed by atoms with Crippen molar-refractivity contribution in [3.05, 3.63) is 95.1 Å². The second-order valence-electron chi connectivity index (χ2n) is 8.87. The molecule has 3 aromatic carbocycles. The van der Waals surface area contributed by atoms with Gasteiger partial charge in [-0.05, 0) is 43.5 Å². The molecule has 5 heteroatoms. The van der Waals surface area contributed by atoms with Gasteiger partial charge in [0.25, 0.3) is 0 Å². The van der Waals surface area contributed by atoms with Crippen LogP contribution in [0.2, 0.25) is 0 Å². The number of benzene rings is 3. The number of nitrogens with zero attached hydrogens (tertiary/aromatic N) is 2. The molecule has 0 spiro atoms. The summed E-state index contributed by atoms with van der Waals surface area (Å²) in [6.45, 7) is 7.25. The Kier molecular flexibility index (Phi) is 8.86. The van der Waals surface area contributed by atoms with Gasteiger partial charge < -0.3 is 15.1 Å². The van der Waals surface area contributed by atoms with Gasteiger partial charge >= 0.3 is 0 Å². The van der Waals surface area contributed by atoms with Crippen molar-refractivity contribution in [2.45, 2.75) is 46.2 Å². The number of hydrogen-bond donors (Lipinski definition) is 2. The number of carbonyl (C=O) groups is 1. The van der Waals surface area contributed by atoms with E-state index in [4.69, 9.17) is 5.41 Å². The summed E-state index contributed by atoms with van der Waals surface area (Å²) in [4.78, 5) is 16.3. The molecule has 0 saturated heterocycles. The zero-order valence-electron chi connectivity index (χ0n) is 20.7. The lowest BCUT2D eigenvalue weighted by Crippen LogP contribution is -2.45. The van der Waals surface area contributed by atoms with Crippen molar-refractivity contribution in [3.8, 4) is 0 Å². The van der Waals surface area contributed by atoms with E-state index in [1.165, 1.54) is 28.6 Å². The van der Waals surface area contributed by atoms with E-state index in [1.807, 2.05) is 24.0 Å². The lowest BCUT2D eigenvalue weighted by atomic mass is 10.0. The van der Waals surface area contributed by atoms with Gasteiger partial charge in [-0.15, -0.1) is 0 Å². The van der Waals surface area contributed by atoms with Gasteiger partial charge in [0.05, 0.1) is 23.8 Å². The quantitative estimate of drug-likeness (QED) is 0.296. The monoisotopic (exact) mass is 456 g/mol. The van der Waals surface area contributed by atoms with E-state index < -0.39 is 0 Å². The lowest BCUT2D eigenvalue weighted by molar-refractivity contribution is -0.120. The predicted molar refractivity (Wildman–Crippen MR) is 143 cm³/mol. The summed E-state index contributed by atoms with van der Waals surface area (Å²) >= 11 is 0. The zero-order chi connectivity index (χ0) is 24.5. The number of anilines is 2. The molecule has 178 valence electrons.